The van der Waals surface area contributed by atoms with Gasteiger partial charge in [-0.2, -0.15) is 0 Å². The van der Waals surface area contributed by atoms with Gasteiger partial charge in [0.1, 0.15) is 9.84 Å². The van der Waals surface area contributed by atoms with Crippen molar-refractivity contribution in [3.63, 3.8) is 0 Å². The predicted octanol–water partition coefficient (Wildman–Crippen LogP) is 1.81. The van der Waals surface area contributed by atoms with Crippen LogP contribution in [0.3, 0.4) is 0 Å². The summed E-state index contributed by atoms with van der Waals surface area (Å²) in [6.07, 6.45) is 5.06. The molecule has 2 aliphatic rings. The SMILES string of the molecule is CCC1CNC(CC)(CC)CN1C1CCS(=O)(=O)CC1. The summed E-state index contributed by atoms with van der Waals surface area (Å²) in [4.78, 5) is 2.62. The molecule has 5 heteroatoms. The first-order valence-electron chi connectivity index (χ1n) is 8.16. The minimum Gasteiger partial charge on any atom is -0.308 e. The second-order valence-electron chi connectivity index (χ2n) is 6.49. The summed E-state index contributed by atoms with van der Waals surface area (Å²) in [5.41, 5.74) is 0.224. The van der Waals surface area contributed by atoms with Crippen LogP contribution in [0, 0.1) is 0 Å². The summed E-state index contributed by atoms with van der Waals surface area (Å²) in [6, 6.07) is 1.02. The molecule has 0 saturated carbocycles. The van der Waals surface area contributed by atoms with Crippen LogP contribution in [0.4, 0.5) is 0 Å². The first-order valence-corrected chi connectivity index (χ1v) is 9.98. The maximum absolute atomic E-state index is 11.6. The van der Waals surface area contributed by atoms with E-state index < -0.39 is 9.84 Å². The van der Waals surface area contributed by atoms with Crippen LogP contribution in [0.15, 0.2) is 0 Å². The normalized spacial score (nSPS) is 31.2. The van der Waals surface area contributed by atoms with Crippen LogP contribution in [0.2, 0.25) is 0 Å². The van der Waals surface area contributed by atoms with Gasteiger partial charge in [-0.25, -0.2) is 8.42 Å². The highest BCUT2D eigenvalue weighted by Crippen LogP contribution is 2.29. The molecule has 2 fully saturated rings. The molecule has 0 bridgehead atoms. The van der Waals surface area contributed by atoms with Gasteiger partial charge in [0.25, 0.3) is 0 Å². The van der Waals surface area contributed by atoms with Crippen LogP contribution >= 0.6 is 0 Å². The quantitative estimate of drug-likeness (QED) is 0.860. The lowest BCUT2D eigenvalue weighted by molar-refractivity contribution is 0.0311. The van der Waals surface area contributed by atoms with E-state index in [4.69, 9.17) is 0 Å². The van der Waals surface area contributed by atoms with Crippen LogP contribution in [-0.4, -0.2) is 55.5 Å². The van der Waals surface area contributed by atoms with Gasteiger partial charge in [-0.1, -0.05) is 20.8 Å². The van der Waals surface area contributed by atoms with Crippen molar-refractivity contribution in [1.29, 1.82) is 0 Å². The molecule has 1 N–H and O–H groups in total. The van der Waals surface area contributed by atoms with Crippen molar-refractivity contribution in [2.45, 2.75) is 70.5 Å². The molecule has 20 heavy (non-hydrogen) atoms. The van der Waals surface area contributed by atoms with Crippen LogP contribution in [0.5, 0.6) is 0 Å². The molecule has 4 nitrogen and oxygen atoms in total. The summed E-state index contributed by atoms with van der Waals surface area (Å²) in [6.45, 7) is 8.87. The molecular weight excluding hydrogens is 272 g/mol. The van der Waals surface area contributed by atoms with Crippen molar-refractivity contribution in [2.75, 3.05) is 24.6 Å². The van der Waals surface area contributed by atoms with Gasteiger partial charge in [0.05, 0.1) is 11.5 Å². The lowest BCUT2D eigenvalue weighted by Crippen LogP contribution is -2.66. The molecular formula is C15H30N2O2S. The molecule has 2 aliphatic heterocycles. The second-order valence-corrected chi connectivity index (χ2v) is 8.79. The van der Waals surface area contributed by atoms with Crippen LogP contribution in [0.25, 0.3) is 0 Å². The smallest absolute Gasteiger partial charge is 0.150 e. The fraction of sp³-hybridized carbons (Fsp3) is 1.00. The van der Waals surface area contributed by atoms with Crippen molar-refractivity contribution >= 4 is 9.84 Å². The summed E-state index contributed by atoms with van der Waals surface area (Å²) >= 11 is 0. The van der Waals surface area contributed by atoms with Crippen molar-refractivity contribution in [1.82, 2.24) is 10.2 Å². The molecule has 2 rings (SSSR count). The van der Waals surface area contributed by atoms with Gasteiger partial charge in [-0.05, 0) is 32.1 Å². The van der Waals surface area contributed by atoms with E-state index in [1.54, 1.807) is 0 Å². The van der Waals surface area contributed by atoms with Gasteiger partial charge in [0.2, 0.25) is 0 Å². The zero-order chi connectivity index (χ0) is 14.8. The van der Waals surface area contributed by atoms with Gasteiger partial charge in [0.15, 0.2) is 0 Å². The van der Waals surface area contributed by atoms with Crippen molar-refractivity contribution in [3.05, 3.63) is 0 Å². The fourth-order valence-corrected chi connectivity index (χ4v) is 5.19. The molecule has 0 radical (unpaired) electrons. The third-order valence-electron chi connectivity index (χ3n) is 5.48. The minimum absolute atomic E-state index is 0.224. The minimum atomic E-state index is -2.76. The zero-order valence-electron chi connectivity index (χ0n) is 13.2. The third kappa shape index (κ3) is 3.37. The van der Waals surface area contributed by atoms with Crippen molar-refractivity contribution < 1.29 is 8.42 Å². The number of hydrogen-bond acceptors (Lipinski definition) is 4. The molecule has 0 amide bonds. The molecule has 1 atom stereocenters. The topological polar surface area (TPSA) is 49.4 Å². The standard InChI is InChI=1S/C15H30N2O2S/c1-4-13-11-16-15(5-2,6-3)12-17(13)14-7-9-20(18,19)10-8-14/h13-14,16H,4-12H2,1-3H3. The Morgan fingerprint density at radius 1 is 1.15 bits per heavy atom. The van der Waals surface area contributed by atoms with E-state index in [1.807, 2.05) is 0 Å². The highest BCUT2D eigenvalue weighted by Gasteiger charge is 2.40. The fourth-order valence-electron chi connectivity index (χ4n) is 3.72. The number of nitrogens with one attached hydrogen (secondary N) is 1. The molecule has 0 spiro atoms. The molecule has 0 aromatic carbocycles. The van der Waals surface area contributed by atoms with E-state index in [9.17, 15) is 8.42 Å². The Labute approximate surface area is 124 Å². The molecule has 0 aromatic heterocycles. The highest BCUT2D eigenvalue weighted by atomic mass is 32.2. The predicted molar refractivity (Wildman–Crippen MR) is 83.8 cm³/mol. The third-order valence-corrected chi connectivity index (χ3v) is 7.20. The number of hydrogen-bond donors (Lipinski definition) is 1. The Bertz CT molecular complexity index is 404. The Kier molecular flexibility index (Phi) is 5.14. The molecule has 2 saturated heterocycles. The Hall–Kier alpha value is -0.130. The summed E-state index contributed by atoms with van der Waals surface area (Å²) in [5.74, 6) is 0.757. The average Bonchev–Trinajstić information content (AvgIpc) is 2.46. The largest absolute Gasteiger partial charge is 0.308 e. The van der Waals surface area contributed by atoms with Crippen molar-refractivity contribution in [3.8, 4) is 0 Å². The molecule has 1 unspecified atom stereocenters. The van der Waals surface area contributed by atoms with E-state index in [1.165, 1.54) is 0 Å². The monoisotopic (exact) mass is 302 g/mol. The maximum atomic E-state index is 11.6. The number of piperazine rings is 1. The van der Waals surface area contributed by atoms with Gasteiger partial charge in [0, 0.05) is 30.7 Å². The summed E-state index contributed by atoms with van der Waals surface area (Å²) in [5, 5.41) is 3.76. The Morgan fingerprint density at radius 3 is 2.25 bits per heavy atom. The van der Waals surface area contributed by atoms with Gasteiger partial charge < -0.3 is 5.32 Å². The first-order chi connectivity index (χ1) is 9.45. The maximum Gasteiger partial charge on any atom is 0.150 e. The lowest BCUT2D eigenvalue weighted by atomic mass is 9.86. The Morgan fingerprint density at radius 2 is 1.75 bits per heavy atom. The molecule has 2 heterocycles. The van der Waals surface area contributed by atoms with Crippen LogP contribution in [0.1, 0.15) is 52.9 Å². The summed E-state index contributed by atoms with van der Waals surface area (Å²) in [7, 11) is -2.76. The zero-order valence-corrected chi connectivity index (χ0v) is 14.0. The van der Waals surface area contributed by atoms with Crippen molar-refractivity contribution in [2.24, 2.45) is 0 Å². The Balaban J connectivity index is 2.09. The van der Waals surface area contributed by atoms with Gasteiger partial charge >= 0.3 is 0 Å². The van der Waals surface area contributed by atoms with E-state index in [0.717, 1.165) is 45.2 Å². The van der Waals surface area contributed by atoms with Crippen LogP contribution in [-0.2, 0) is 9.84 Å². The van der Waals surface area contributed by atoms with Gasteiger partial charge in [-0.15, -0.1) is 0 Å². The first kappa shape index (κ1) is 16.2. The highest BCUT2D eigenvalue weighted by molar-refractivity contribution is 7.91. The lowest BCUT2D eigenvalue weighted by Gasteiger charge is -2.51. The van der Waals surface area contributed by atoms with E-state index in [0.29, 0.717) is 23.6 Å². The summed E-state index contributed by atoms with van der Waals surface area (Å²) < 4.78 is 23.3. The van der Waals surface area contributed by atoms with E-state index in [2.05, 4.69) is 31.0 Å². The molecule has 118 valence electrons. The average molecular weight is 302 g/mol. The second kappa shape index (κ2) is 6.32. The molecule has 0 aromatic rings. The number of rotatable bonds is 4. The van der Waals surface area contributed by atoms with Gasteiger partial charge in [-0.3, -0.25) is 4.90 Å². The molecule has 0 aliphatic carbocycles. The van der Waals surface area contributed by atoms with E-state index in [-0.39, 0.29) is 5.54 Å². The number of sulfone groups is 1. The van der Waals surface area contributed by atoms with E-state index >= 15 is 0 Å². The number of nitrogens with zero attached hydrogens (tertiary/aromatic N) is 1. The van der Waals surface area contributed by atoms with Crippen LogP contribution < -0.4 is 5.32 Å².